The Kier molecular flexibility index (Phi) is 8.57. The van der Waals surface area contributed by atoms with Crippen LogP contribution in [0.15, 0.2) is 53.0 Å². The van der Waals surface area contributed by atoms with Crippen molar-refractivity contribution in [1.29, 1.82) is 0 Å². The fourth-order valence-electron chi connectivity index (χ4n) is 4.06. The van der Waals surface area contributed by atoms with E-state index in [-0.39, 0.29) is 29.9 Å². The zero-order valence-electron chi connectivity index (χ0n) is 20.1. The molecule has 2 aromatic carbocycles. The van der Waals surface area contributed by atoms with Crippen LogP contribution in [0.4, 0.5) is 0 Å². The van der Waals surface area contributed by atoms with Crippen LogP contribution in [0.1, 0.15) is 64.5 Å². The number of carbonyl (C=O) groups is 2. The van der Waals surface area contributed by atoms with Crippen molar-refractivity contribution in [2.45, 2.75) is 77.4 Å². The number of hydrogen-bond acceptors (Lipinski definition) is 3. The van der Waals surface area contributed by atoms with Gasteiger partial charge in [0.2, 0.25) is 5.91 Å². The highest BCUT2D eigenvalue weighted by Gasteiger charge is 2.29. The fourth-order valence-corrected chi connectivity index (χ4v) is 4.55. The maximum atomic E-state index is 13.2. The summed E-state index contributed by atoms with van der Waals surface area (Å²) < 4.78 is 6.69. The summed E-state index contributed by atoms with van der Waals surface area (Å²) in [5, 5.41) is 3.12. The second-order valence-electron chi connectivity index (χ2n) is 9.86. The first-order valence-electron chi connectivity index (χ1n) is 11.7. The van der Waals surface area contributed by atoms with Gasteiger partial charge in [-0.1, -0.05) is 70.0 Å². The van der Waals surface area contributed by atoms with Crippen LogP contribution >= 0.6 is 15.9 Å². The van der Waals surface area contributed by atoms with Crippen LogP contribution in [0.3, 0.4) is 0 Å². The van der Waals surface area contributed by atoms with Gasteiger partial charge in [0.15, 0.2) is 6.61 Å². The van der Waals surface area contributed by atoms with Crippen LogP contribution in [0, 0.1) is 0 Å². The van der Waals surface area contributed by atoms with E-state index >= 15 is 0 Å². The highest BCUT2D eigenvalue weighted by atomic mass is 79.9. The minimum Gasteiger partial charge on any atom is -0.483 e. The van der Waals surface area contributed by atoms with Gasteiger partial charge in [-0.05, 0) is 64.4 Å². The van der Waals surface area contributed by atoms with Gasteiger partial charge in [0.1, 0.15) is 11.8 Å². The number of nitrogens with one attached hydrogen (secondary N) is 1. The molecule has 0 aliphatic heterocycles. The van der Waals surface area contributed by atoms with Crippen molar-refractivity contribution in [2.75, 3.05) is 6.61 Å². The summed E-state index contributed by atoms with van der Waals surface area (Å²) >= 11 is 3.57. The fraction of sp³-hybridized carbons (Fsp3) is 0.481. The molecule has 1 saturated carbocycles. The van der Waals surface area contributed by atoms with Crippen molar-refractivity contribution in [1.82, 2.24) is 10.2 Å². The third-order valence-electron chi connectivity index (χ3n) is 6.21. The molecule has 1 aliphatic carbocycles. The number of carbonyl (C=O) groups excluding carboxylic acids is 2. The Morgan fingerprint density at radius 3 is 2.39 bits per heavy atom. The number of amides is 2. The van der Waals surface area contributed by atoms with E-state index in [0.29, 0.717) is 12.3 Å². The number of hydrogen-bond donors (Lipinski definition) is 1. The first-order chi connectivity index (χ1) is 15.6. The van der Waals surface area contributed by atoms with Crippen LogP contribution < -0.4 is 10.1 Å². The molecule has 6 heteroatoms. The molecule has 2 amide bonds. The second kappa shape index (κ2) is 11.2. The lowest BCUT2D eigenvalue weighted by molar-refractivity contribution is -0.142. The number of ether oxygens (including phenoxy) is 1. The minimum atomic E-state index is -0.589. The molecule has 0 spiro atoms. The Morgan fingerprint density at radius 1 is 1.12 bits per heavy atom. The molecule has 1 N–H and O–H groups in total. The average molecular weight is 515 g/mol. The maximum Gasteiger partial charge on any atom is 0.261 e. The highest BCUT2D eigenvalue weighted by molar-refractivity contribution is 9.10. The van der Waals surface area contributed by atoms with Crippen molar-refractivity contribution in [3.8, 4) is 5.75 Å². The predicted molar refractivity (Wildman–Crippen MR) is 135 cm³/mol. The van der Waals surface area contributed by atoms with E-state index in [1.165, 1.54) is 5.56 Å². The van der Waals surface area contributed by atoms with Crippen LogP contribution in [-0.2, 0) is 21.5 Å². The summed E-state index contributed by atoms with van der Waals surface area (Å²) in [4.78, 5) is 27.8. The van der Waals surface area contributed by atoms with Crippen LogP contribution in [0.25, 0.3) is 0 Å². The zero-order chi connectivity index (χ0) is 24.0. The number of halogens is 1. The summed E-state index contributed by atoms with van der Waals surface area (Å²) in [7, 11) is 0. The van der Waals surface area contributed by atoms with Crippen LogP contribution in [0.2, 0.25) is 0 Å². The Bertz CT molecular complexity index is 950. The first-order valence-corrected chi connectivity index (χ1v) is 12.5. The van der Waals surface area contributed by atoms with Crippen molar-refractivity contribution in [2.24, 2.45) is 0 Å². The molecule has 0 saturated heterocycles. The lowest BCUT2D eigenvalue weighted by atomic mass is 9.87. The normalized spacial score (nSPS) is 15.2. The number of rotatable bonds is 8. The topological polar surface area (TPSA) is 58.6 Å². The van der Waals surface area contributed by atoms with Gasteiger partial charge in [-0.3, -0.25) is 9.59 Å². The van der Waals surface area contributed by atoms with Crippen molar-refractivity contribution in [3.63, 3.8) is 0 Å². The molecule has 1 fully saturated rings. The molecule has 3 rings (SSSR count). The smallest absolute Gasteiger partial charge is 0.261 e. The predicted octanol–water partition coefficient (Wildman–Crippen LogP) is 5.60. The molecule has 178 valence electrons. The van der Waals surface area contributed by atoms with E-state index < -0.39 is 6.04 Å². The summed E-state index contributed by atoms with van der Waals surface area (Å²) in [5.41, 5.74) is 2.17. The molecule has 5 nitrogen and oxygen atoms in total. The van der Waals surface area contributed by atoms with E-state index in [1.807, 2.05) is 48.5 Å². The van der Waals surface area contributed by atoms with Gasteiger partial charge < -0.3 is 15.0 Å². The molecule has 0 heterocycles. The summed E-state index contributed by atoms with van der Waals surface area (Å²) in [5.74, 6) is 0.278. The molecule has 1 atom stereocenters. The summed E-state index contributed by atoms with van der Waals surface area (Å²) in [6, 6.07) is 15.3. The molecular weight excluding hydrogens is 480 g/mol. The maximum absolute atomic E-state index is 13.2. The third-order valence-corrected chi connectivity index (χ3v) is 6.83. The van der Waals surface area contributed by atoms with Crippen molar-refractivity contribution >= 4 is 27.7 Å². The molecule has 1 aliphatic rings. The van der Waals surface area contributed by atoms with Crippen molar-refractivity contribution < 1.29 is 14.3 Å². The Hall–Kier alpha value is -2.34. The molecule has 0 radical (unpaired) electrons. The van der Waals surface area contributed by atoms with E-state index in [0.717, 1.165) is 35.7 Å². The van der Waals surface area contributed by atoms with Gasteiger partial charge >= 0.3 is 0 Å². The highest BCUT2D eigenvalue weighted by Crippen LogP contribution is 2.31. The molecule has 2 aromatic rings. The molecule has 33 heavy (non-hydrogen) atoms. The third kappa shape index (κ3) is 7.07. The van der Waals surface area contributed by atoms with Gasteiger partial charge in [0, 0.05) is 12.6 Å². The molecular formula is C27H35BrN2O3. The Labute approximate surface area is 206 Å². The summed E-state index contributed by atoms with van der Waals surface area (Å²) in [6.45, 7) is 8.46. The van der Waals surface area contributed by atoms with Crippen molar-refractivity contribution in [3.05, 3.63) is 64.1 Å². The van der Waals surface area contributed by atoms with Crippen LogP contribution in [-0.4, -0.2) is 35.4 Å². The monoisotopic (exact) mass is 514 g/mol. The van der Waals surface area contributed by atoms with E-state index in [1.54, 1.807) is 11.8 Å². The van der Waals surface area contributed by atoms with Crippen LogP contribution in [0.5, 0.6) is 5.75 Å². The van der Waals surface area contributed by atoms with E-state index in [9.17, 15) is 9.59 Å². The van der Waals surface area contributed by atoms with E-state index in [4.69, 9.17) is 4.74 Å². The van der Waals surface area contributed by atoms with E-state index in [2.05, 4.69) is 42.0 Å². The molecule has 1 unspecified atom stereocenters. The summed E-state index contributed by atoms with van der Waals surface area (Å²) in [6.07, 6.45) is 4.30. The largest absolute Gasteiger partial charge is 0.483 e. The second-order valence-corrected chi connectivity index (χ2v) is 10.7. The molecule has 0 bridgehead atoms. The van der Waals surface area contributed by atoms with Gasteiger partial charge in [-0.2, -0.15) is 0 Å². The number of benzene rings is 2. The Balaban J connectivity index is 1.71. The Morgan fingerprint density at radius 2 is 1.79 bits per heavy atom. The quantitative estimate of drug-likeness (QED) is 0.498. The van der Waals surface area contributed by atoms with Gasteiger partial charge in [-0.15, -0.1) is 0 Å². The number of nitrogens with zero attached hydrogens (tertiary/aromatic N) is 1. The van der Waals surface area contributed by atoms with Gasteiger partial charge in [0.05, 0.1) is 4.47 Å². The van der Waals surface area contributed by atoms with Gasteiger partial charge in [-0.25, -0.2) is 0 Å². The minimum absolute atomic E-state index is 0.0193. The zero-order valence-corrected chi connectivity index (χ0v) is 21.7. The standard InChI is InChI=1S/C27H35BrN2O3/c1-19(26(32)29-22-12-8-9-13-22)30(17-20-10-6-5-7-11-20)25(31)18-33-24-15-14-21(16-23(24)28)27(2,3)4/h5-7,10-11,14-16,19,22H,8-9,12-13,17-18H2,1-4H3,(H,29,32). The lowest BCUT2D eigenvalue weighted by Crippen LogP contribution is -2.50. The lowest BCUT2D eigenvalue weighted by Gasteiger charge is -2.29. The average Bonchev–Trinajstić information content (AvgIpc) is 3.29. The van der Waals surface area contributed by atoms with Gasteiger partial charge in [0.25, 0.3) is 5.91 Å². The molecule has 0 aromatic heterocycles. The SMILES string of the molecule is CC(C(=O)NC1CCCC1)N(Cc1ccccc1)C(=O)COc1ccc(C(C)(C)C)cc1Br. The first kappa shape index (κ1) is 25.3.